The van der Waals surface area contributed by atoms with Crippen molar-refractivity contribution in [3.05, 3.63) is 29.6 Å². The van der Waals surface area contributed by atoms with E-state index in [0.717, 1.165) is 19.3 Å². The molecule has 2 unspecified atom stereocenters. The van der Waals surface area contributed by atoms with Gasteiger partial charge in [0.05, 0.1) is 0 Å². The number of benzene rings is 1. The summed E-state index contributed by atoms with van der Waals surface area (Å²) in [6, 6.07) is 4.49. The first-order valence-corrected chi connectivity index (χ1v) is 6.80. The van der Waals surface area contributed by atoms with Gasteiger partial charge in [0.15, 0.2) is 0 Å². The van der Waals surface area contributed by atoms with Crippen LogP contribution in [-0.2, 0) is 0 Å². The van der Waals surface area contributed by atoms with Gasteiger partial charge in [-0.2, -0.15) is 0 Å². The van der Waals surface area contributed by atoms with E-state index in [1.807, 2.05) is 0 Å². The number of amides is 1. The summed E-state index contributed by atoms with van der Waals surface area (Å²) < 4.78 is 13.1. The largest absolute Gasteiger partial charge is 0.349 e. The van der Waals surface area contributed by atoms with Crippen molar-refractivity contribution >= 4 is 18.5 Å². The summed E-state index contributed by atoms with van der Waals surface area (Å²) in [5, 5.41) is 3.02. The Morgan fingerprint density at radius 2 is 2.22 bits per heavy atom. The maximum absolute atomic E-state index is 13.1. The van der Waals surface area contributed by atoms with E-state index in [4.69, 9.17) is 0 Å². The highest BCUT2D eigenvalue weighted by molar-refractivity contribution is 7.80. The first kappa shape index (κ1) is 13.4. The van der Waals surface area contributed by atoms with Gasteiger partial charge in [0.1, 0.15) is 5.82 Å². The van der Waals surface area contributed by atoms with Crippen molar-refractivity contribution in [1.29, 1.82) is 0 Å². The molecule has 98 valence electrons. The molecule has 0 aliphatic heterocycles. The Morgan fingerprint density at radius 3 is 2.89 bits per heavy atom. The average molecular weight is 267 g/mol. The monoisotopic (exact) mass is 267 g/mol. The smallest absolute Gasteiger partial charge is 0.251 e. The molecule has 0 radical (unpaired) electrons. The quantitative estimate of drug-likeness (QED) is 0.790. The fourth-order valence-corrected chi connectivity index (χ4v) is 2.70. The second-order valence-corrected chi connectivity index (χ2v) is 5.59. The maximum atomic E-state index is 13.1. The van der Waals surface area contributed by atoms with Crippen LogP contribution in [-0.4, -0.2) is 11.9 Å². The number of rotatable bonds is 2. The lowest BCUT2D eigenvalue weighted by Crippen LogP contribution is -2.37. The van der Waals surface area contributed by atoms with Gasteiger partial charge in [-0.25, -0.2) is 4.39 Å². The van der Waals surface area contributed by atoms with Crippen LogP contribution in [0, 0.1) is 11.7 Å². The Kier molecular flexibility index (Phi) is 4.27. The van der Waals surface area contributed by atoms with Crippen molar-refractivity contribution in [2.45, 2.75) is 43.5 Å². The van der Waals surface area contributed by atoms with E-state index >= 15 is 0 Å². The lowest BCUT2D eigenvalue weighted by Gasteiger charge is -2.27. The number of thiol groups is 1. The molecule has 0 spiro atoms. The number of hydrogen-bond acceptors (Lipinski definition) is 2. The molecular weight excluding hydrogens is 249 g/mol. The minimum Gasteiger partial charge on any atom is -0.349 e. The van der Waals surface area contributed by atoms with Crippen LogP contribution in [0.2, 0.25) is 0 Å². The Morgan fingerprint density at radius 1 is 1.44 bits per heavy atom. The van der Waals surface area contributed by atoms with Crippen LogP contribution in [0.4, 0.5) is 4.39 Å². The second kappa shape index (κ2) is 5.74. The number of carbonyl (C=O) groups excluding carboxylic acids is 1. The molecule has 0 aromatic heterocycles. The zero-order chi connectivity index (χ0) is 13.1. The van der Waals surface area contributed by atoms with Gasteiger partial charge in [-0.3, -0.25) is 4.79 Å². The molecule has 18 heavy (non-hydrogen) atoms. The molecular formula is C14H18FNOS. The van der Waals surface area contributed by atoms with Crippen LogP contribution >= 0.6 is 12.6 Å². The van der Waals surface area contributed by atoms with E-state index in [1.54, 1.807) is 0 Å². The van der Waals surface area contributed by atoms with E-state index < -0.39 is 5.82 Å². The SMILES string of the molecule is CC1CCCC(NC(=O)c2ccc(F)c(S)c2)C1. The van der Waals surface area contributed by atoms with E-state index in [1.165, 1.54) is 24.6 Å². The molecule has 1 aliphatic rings. The number of halogens is 1. The molecule has 0 saturated heterocycles. The maximum Gasteiger partial charge on any atom is 0.251 e. The highest BCUT2D eigenvalue weighted by Gasteiger charge is 2.21. The van der Waals surface area contributed by atoms with Crippen LogP contribution in [0.1, 0.15) is 43.0 Å². The van der Waals surface area contributed by atoms with Crippen LogP contribution in [0.15, 0.2) is 23.1 Å². The highest BCUT2D eigenvalue weighted by Crippen LogP contribution is 2.24. The minimum absolute atomic E-state index is 0.135. The first-order valence-electron chi connectivity index (χ1n) is 6.35. The molecule has 0 bridgehead atoms. The van der Waals surface area contributed by atoms with Gasteiger partial charge in [-0.05, 0) is 37.0 Å². The number of hydrogen-bond donors (Lipinski definition) is 2. The lowest BCUT2D eigenvalue weighted by atomic mass is 9.87. The van der Waals surface area contributed by atoms with Crippen molar-refractivity contribution < 1.29 is 9.18 Å². The first-order chi connectivity index (χ1) is 8.56. The summed E-state index contributed by atoms with van der Waals surface area (Å²) in [6.45, 7) is 2.21. The van der Waals surface area contributed by atoms with E-state index in [9.17, 15) is 9.18 Å². The topological polar surface area (TPSA) is 29.1 Å². The molecule has 1 aliphatic carbocycles. The second-order valence-electron chi connectivity index (χ2n) is 5.11. The van der Waals surface area contributed by atoms with E-state index in [0.29, 0.717) is 11.5 Å². The van der Waals surface area contributed by atoms with Crippen LogP contribution < -0.4 is 5.32 Å². The third-order valence-electron chi connectivity index (χ3n) is 3.48. The lowest BCUT2D eigenvalue weighted by molar-refractivity contribution is 0.0921. The molecule has 4 heteroatoms. The molecule has 1 aromatic carbocycles. The molecule has 2 atom stereocenters. The Bertz CT molecular complexity index is 449. The summed E-state index contributed by atoms with van der Waals surface area (Å²) in [4.78, 5) is 12.2. The molecule has 0 heterocycles. The number of carbonyl (C=O) groups is 1. The summed E-state index contributed by atoms with van der Waals surface area (Å²) in [7, 11) is 0. The third kappa shape index (κ3) is 3.25. The van der Waals surface area contributed by atoms with Gasteiger partial charge >= 0.3 is 0 Å². The number of nitrogens with one attached hydrogen (secondary N) is 1. The fourth-order valence-electron chi connectivity index (χ4n) is 2.49. The van der Waals surface area contributed by atoms with Gasteiger partial charge < -0.3 is 5.32 Å². The van der Waals surface area contributed by atoms with Gasteiger partial charge in [0.25, 0.3) is 5.91 Å². The van der Waals surface area contributed by atoms with Gasteiger partial charge in [0.2, 0.25) is 0 Å². The van der Waals surface area contributed by atoms with E-state index in [2.05, 4.69) is 24.9 Å². The van der Waals surface area contributed by atoms with Crippen LogP contribution in [0.3, 0.4) is 0 Å². The van der Waals surface area contributed by atoms with Crippen LogP contribution in [0.25, 0.3) is 0 Å². The van der Waals surface area contributed by atoms with Crippen molar-refractivity contribution in [2.24, 2.45) is 5.92 Å². The molecule has 2 rings (SSSR count). The van der Waals surface area contributed by atoms with Gasteiger partial charge in [-0.15, -0.1) is 12.6 Å². The summed E-state index contributed by atoms with van der Waals surface area (Å²) in [6.07, 6.45) is 4.46. The molecule has 1 N–H and O–H groups in total. The Labute approximate surface area is 112 Å². The molecule has 1 saturated carbocycles. The van der Waals surface area contributed by atoms with Crippen molar-refractivity contribution in [3.8, 4) is 0 Å². The molecule has 1 aromatic rings. The zero-order valence-electron chi connectivity index (χ0n) is 10.4. The van der Waals surface area contributed by atoms with E-state index in [-0.39, 0.29) is 16.8 Å². The van der Waals surface area contributed by atoms with Crippen LogP contribution in [0.5, 0.6) is 0 Å². The summed E-state index contributed by atoms with van der Waals surface area (Å²) in [5.74, 6) is 0.128. The predicted octanol–water partition coefficient (Wildman–Crippen LogP) is 3.42. The zero-order valence-corrected chi connectivity index (χ0v) is 11.3. The average Bonchev–Trinajstić information content (AvgIpc) is 2.32. The summed E-state index contributed by atoms with van der Waals surface area (Å²) >= 11 is 3.99. The minimum atomic E-state index is -0.402. The molecule has 1 amide bonds. The Hall–Kier alpha value is -1.03. The van der Waals surface area contributed by atoms with Gasteiger partial charge in [-0.1, -0.05) is 19.8 Å². The highest BCUT2D eigenvalue weighted by atomic mass is 32.1. The summed E-state index contributed by atoms with van der Waals surface area (Å²) in [5.41, 5.74) is 0.472. The van der Waals surface area contributed by atoms with Crippen molar-refractivity contribution in [2.75, 3.05) is 0 Å². The molecule has 2 nitrogen and oxygen atoms in total. The third-order valence-corrected chi connectivity index (χ3v) is 3.82. The van der Waals surface area contributed by atoms with Crippen molar-refractivity contribution in [1.82, 2.24) is 5.32 Å². The van der Waals surface area contributed by atoms with Crippen molar-refractivity contribution in [3.63, 3.8) is 0 Å². The predicted molar refractivity (Wildman–Crippen MR) is 72.5 cm³/mol. The fraction of sp³-hybridized carbons (Fsp3) is 0.500. The normalized spacial score (nSPS) is 23.7. The Balaban J connectivity index is 2.00. The van der Waals surface area contributed by atoms with Gasteiger partial charge in [0, 0.05) is 16.5 Å². The standard InChI is InChI=1S/C14H18FNOS/c1-9-3-2-4-11(7-9)16-14(17)10-5-6-12(15)13(18)8-10/h5-6,8-9,11,18H,2-4,7H2,1H3,(H,16,17). The molecule has 1 fully saturated rings.